The first-order chi connectivity index (χ1) is 19.6. The van der Waals surface area contributed by atoms with Crippen LogP contribution in [0.4, 0.5) is 0 Å². The Morgan fingerprint density at radius 3 is 0.375 bits per heavy atom. The Morgan fingerprint density at radius 1 is 0.200 bits per heavy atom. The molecule has 0 radical (unpaired) electrons. The smallest absolute Gasteiger partial charge is 0.0273 e. The van der Waals surface area contributed by atoms with Gasteiger partial charge in [-0.1, -0.05) is 107 Å². The van der Waals surface area contributed by atoms with Crippen LogP contribution in [0.15, 0.2) is 44.6 Å². The first-order valence-corrected chi connectivity index (χ1v) is 18.5. The molecule has 0 nitrogen and oxygen atoms in total. The van der Waals surface area contributed by atoms with Gasteiger partial charge in [0.25, 0.3) is 0 Å². The number of hydrogen-bond donors (Lipinski definition) is 0. The molecule has 0 aliphatic heterocycles. The fraction of sp³-hybridized carbons (Fsp3) is 0.800. The zero-order chi connectivity index (χ0) is 29.6. The third-order valence-electron chi connectivity index (χ3n) is 9.16. The van der Waals surface area contributed by atoms with Crippen LogP contribution < -0.4 is 0 Å². The van der Waals surface area contributed by atoms with Crippen molar-refractivity contribution in [3.05, 3.63) is 44.6 Å². The molecule has 0 amide bonds. The summed E-state index contributed by atoms with van der Waals surface area (Å²) in [4.78, 5) is 0. The van der Waals surface area contributed by atoms with Crippen LogP contribution in [0, 0.1) is 0 Å². The number of rotatable bonds is 24. The molecular formula is C40H72. The molecule has 0 heterocycles. The topological polar surface area (TPSA) is 0 Å². The predicted molar refractivity (Wildman–Crippen MR) is 184 cm³/mol. The van der Waals surface area contributed by atoms with Gasteiger partial charge < -0.3 is 0 Å². The van der Waals surface area contributed by atoms with Crippen molar-refractivity contribution in [2.24, 2.45) is 0 Å². The molecule has 0 atom stereocenters. The Balaban J connectivity index is 4.36. The molecule has 1 aliphatic rings. The van der Waals surface area contributed by atoms with E-state index in [1.54, 1.807) is 0 Å². The third kappa shape index (κ3) is 12.1. The highest BCUT2D eigenvalue weighted by molar-refractivity contribution is 5.60. The first kappa shape index (κ1) is 37.0. The maximum absolute atomic E-state index is 2.40. The lowest BCUT2D eigenvalue weighted by molar-refractivity contribution is 0.673. The standard InChI is InChI=1S/C40H72/c1-9-17-25-33-34(26-18-10-2)36(28-20-12-4)38(30-22-14-6)40(32-24-16-8)39(31-23-15-7)37(29-21-13-5)35(33)27-19-11-3/h9-32H2,1-8H3/b34-33-,35-33?,36-34?,37-35-,38-36-,39-37?,40-38?,40-39-. The Labute approximate surface area is 253 Å². The van der Waals surface area contributed by atoms with Crippen LogP contribution >= 0.6 is 0 Å². The molecule has 0 bridgehead atoms. The van der Waals surface area contributed by atoms with Gasteiger partial charge in [-0.25, -0.2) is 0 Å². The van der Waals surface area contributed by atoms with Crippen LogP contribution in [-0.2, 0) is 0 Å². The second-order valence-electron chi connectivity index (χ2n) is 12.7. The average molecular weight is 553 g/mol. The Kier molecular flexibility index (Phi) is 21.7. The fourth-order valence-electron chi connectivity index (χ4n) is 6.70. The molecule has 0 saturated carbocycles. The highest BCUT2D eigenvalue weighted by Gasteiger charge is 2.27. The highest BCUT2D eigenvalue weighted by atomic mass is 14.3. The van der Waals surface area contributed by atoms with E-state index in [-0.39, 0.29) is 0 Å². The van der Waals surface area contributed by atoms with Crippen LogP contribution in [0.25, 0.3) is 0 Å². The zero-order valence-electron chi connectivity index (χ0n) is 29.0. The molecule has 232 valence electrons. The van der Waals surface area contributed by atoms with Gasteiger partial charge in [-0.2, -0.15) is 0 Å². The molecule has 40 heavy (non-hydrogen) atoms. The lowest BCUT2D eigenvalue weighted by Crippen LogP contribution is -2.14. The maximum atomic E-state index is 2.40. The summed E-state index contributed by atoms with van der Waals surface area (Å²) >= 11 is 0. The molecule has 1 aliphatic carbocycles. The highest BCUT2D eigenvalue weighted by Crippen LogP contribution is 2.46. The van der Waals surface area contributed by atoms with Gasteiger partial charge in [-0.05, 0) is 147 Å². The van der Waals surface area contributed by atoms with E-state index in [9.17, 15) is 0 Å². The van der Waals surface area contributed by atoms with Gasteiger partial charge in [-0.3, -0.25) is 0 Å². The normalized spacial score (nSPS) is 22.2. The van der Waals surface area contributed by atoms with Gasteiger partial charge in [0, 0.05) is 0 Å². The lowest BCUT2D eigenvalue weighted by Gasteiger charge is -2.33. The Bertz CT molecular complexity index is 574. The van der Waals surface area contributed by atoms with Crippen LogP contribution in [0.3, 0.4) is 0 Å². The van der Waals surface area contributed by atoms with E-state index in [4.69, 9.17) is 0 Å². The second-order valence-corrected chi connectivity index (χ2v) is 12.7. The number of unbranched alkanes of at least 4 members (excludes halogenated alkanes) is 8. The van der Waals surface area contributed by atoms with Crippen molar-refractivity contribution in [2.75, 3.05) is 0 Å². The minimum Gasteiger partial charge on any atom is -0.0654 e. The molecule has 0 aromatic carbocycles. The van der Waals surface area contributed by atoms with Crippen LogP contribution in [0.1, 0.15) is 209 Å². The number of allylic oxidation sites excluding steroid dienone is 8. The van der Waals surface area contributed by atoms with E-state index >= 15 is 0 Å². The summed E-state index contributed by atoms with van der Waals surface area (Å²) in [6.07, 6.45) is 31.5. The first-order valence-electron chi connectivity index (χ1n) is 18.5. The van der Waals surface area contributed by atoms with Crippen LogP contribution in [0.2, 0.25) is 0 Å². The summed E-state index contributed by atoms with van der Waals surface area (Å²) in [5, 5.41) is 0. The molecule has 0 fully saturated rings. The summed E-state index contributed by atoms with van der Waals surface area (Å²) in [5.74, 6) is 0. The van der Waals surface area contributed by atoms with Gasteiger partial charge in [0.15, 0.2) is 0 Å². The van der Waals surface area contributed by atoms with Gasteiger partial charge in [0.05, 0.1) is 0 Å². The van der Waals surface area contributed by atoms with Gasteiger partial charge in [0.2, 0.25) is 0 Å². The minimum atomic E-state index is 1.30. The third-order valence-corrected chi connectivity index (χ3v) is 9.16. The van der Waals surface area contributed by atoms with Crippen molar-refractivity contribution in [1.29, 1.82) is 0 Å². The molecule has 0 spiro atoms. The largest absolute Gasteiger partial charge is 0.0654 e. The Morgan fingerprint density at radius 2 is 0.300 bits per heavy atom. The van der Waals surface area contributed by atoms with E-state index in [2.05, 4.69) is 55.4 Å². The molecule has 0 saturated heterocycles. The van der Waals surface area contributed by atoms with Crippen LogP contribution in [0.5, 0.6) is 0 Å². The van der Waals surface area contributed by atoms with Crippen molar-refractivity contribution in [3.63, 3.8) is 0 Å². The van der Waals surface area contributed by atoms with E-state index in [1.165, 1.54) is 154 Å². The molecule has 0 aromatic heterocycles. The summed E-state index contributed by atoms with van der Waals surface area (Å²) in [6, 6.07) is 0. The second kappa shape index (κ2) is 23.5. The van der Waals surface area contributed by atoms with Crippen molar-refractivity contribution >= 4 is 0 Å². The SMILES string of the molecule is CCCCC1=C(CCCC)/C(CCCC)=C(CCCC)\C(CCCC)=C(CCCC)/C(CCCC)=C\1CCCC. The van der Waals surface area contributed by atoms with Gasteiger partial charge >= 0.3 is 0 Å². The summed E-state index contributed by atoms with van der Waals surface area (Å²) in [7, 11) is 0. The molecule has 0 unspecified atom stereocenters. The van der Waals surface area contributed by atoms with Crippen molar-refractivity contribution < 1.29 is 0 Å². The molecule has 0 N–H and O–H groups in total. The lowest BCUT2D eigenvalue weighted by atomic mass is 9.72. The van der Waals surface area contributed by atoms with E-state index in [0.717, 1.165) is 0 Å². The summed E-state index contributed by atoms with van der Waals surface area (Å²) in [5.41, 5.74) is 14.7. The summed E-state index contributed by atoms with van der Waals surface area (Å²) in [6.45, 7) is 19.2. The van der Waals surface area contributed by atoms with E-state index in [1.807, 2.05) is 44.6 Å². The van der Waals surface area contributed by atoms with Gasteiger partial charge in [-0.15, -0.1) is 0 Å². The molecule has 1 rings (SSSR count). The van der Waals surface area contributed by atoms with E-state index < -0.39 is 0 Å². The zero-order valence-corrected chi connectivity index (χ0v) is 29.0. The molecular weight excluding hydrogens is 480 g/mol. The average Bonchev–Trinajstić information content (AvgIpc) is 2.96. The predicted octanol–water partition coefficient (Wildman–Crippen LogP) is 14.7. The van der Waals surface area contributed by atoms with Crippen molar-refractivity contribution in [3.8, 4) is 0 Å². The van der Waals surface area contributed by atoms with E-state index in [0.29, 0.717) is 0 Å². The number of hydrogen-bond acceptors (Lipinski definition) is 0. The van der Waals surface area contributed by atoms with Crippen molar-refractivity contribution in [1.82, 2.24) is 0 Å². The fourth-order valence-corrected chi connectivity index (χ4v) is 6.70. The quantitative estimate of drug-likeness (QED) is 0.112. The molecule has 0 aromatic rings. The van der Waals surface area contributed by atoms with Gasteiger partial charge in [0.1, 0.15) is 0 Å². The van der Waals surface area contributed by atoms with Crippen molar-refractivity contribution in [2.45, 2.75) is 209 Å². The summed E-state index contributed by atoms with van der Waals surface area (Å²) < 4.78 is 0. The minimum absolute atomic E-state index is 1.30. The maximum Gasteiger partial charge on any atom is -0.0273 e. The Hall–Kier alpha value is -1.04. The molecule has 0 heteroatoms. The monoisotopic (exact) mass is 553 g/mol. The van der Waals surface area contributed by atoms with Crippen LogP contribution in [-0.4, -0.2) is 0 Å².